The lowest BCUT2D eigenvalue weighted by molar-refractivity contribution is 1.08. The minimum Gasteiger partial charge on any atom is -0.0889 e. The molecule has 0 aliphatic carbocycles. The van der Waals surface area contributed by atoms with Crippen LogP contribution < -0.4 is 0 Å². The molecule has 4 heavy (non-hydrogen) atoms. The first-order valence-electron chi connectivity index (χ1n) is 2.12. The quantitative estimate of drug-likeness (QED) is 0.393. The van der Waals surface area contributed by atoms with E-state index in [1.54, 1.807) is 0 Å². The van der Waals surface area contributed by atoms with Crippen LogP contribution in [0.2, 0.25) is 6.32 Å². The van der Waals surface area contributed by atoms with Crippen molar-refractivity contribution in [3.63, 3.8) is 0 Å². The van der Waals surface area contributed by atoms with Gasteiger partial charge in [0.15, 0.2) is 0 Å². The van der Waals surface area contributed by atoms with E-state index in [0.717, 1.165) is 6.42 Å². The Balaban J connectivity index is 2.19. The van der Waals surface area contributed by atoms with Crippen molar-refractivity contribution < 1.29 is 1.37 Å². The standard InChI is InChI=1S/C3H7B/c1-2-3-4/h2-3H2,1H3/i1T. The molecule has 22 valence electrons. The summed E-state index contributed by atoms with van der Waals surface area (Å²) >= 11 is 0. The normalized spacial score (nSPS) is 10.5. The van der Waals surface area contributed by atoms with Crippen LogP contribution in [0, 0.1) is 0 Å². The van der Waals surface area contributed by atoms with Gasteiger partial charge in [-0.2, -0.15) is 0 Å². The summed E-state index contributed by atoms with van der Waals surface area (Å²) in [7, 11) is 5.02. The number of hydrogen-bond acceptors (Lipinski definition) is 0. The van der Waals surface area contributed by atoms with Gasteiger partial charge in [0.25, 0.3) is 0 Å². The van der Waals surface area contributed by atoms with Gasteiger partial charge < -0.3 is 0 Å². The highest BCUT2D eigenvalue weighted by molar-refractivity contribution is 6.08. The van der Waals surface area contributed by atoms with E-state index in [4.69, 9.17) is 9.22 Å². The minimum atomic E-state index is 0.469. The molecule has 1 heteroatoms. The topological polar surface area (TPSA) is 0 Å². The average Bonchev–Trinajstić information content (AvgIpc) is 1.41. The third-order valence-corrected chi connectivity index (χ3v) is 0.204. The molecule has 0 N–H and O–H groups in total. The Hall–Kier alpha value is 0.0649. The van der Waals surface area contributed by atoms with Gasteiger partial charge in [0.05, 0.1) is 7.85 Å². The molecular weight excluding hydrogens is 46.8 g/mol. The molecule has 2 radical (unpaired) electrons. The third kappa shape index (κ3) is 2.06. The Morgan fingerprint density at radius 2 is 3.00 bits per heavy atom. The third-order valence-electron chi connectivity index (χ3n) is 0.204. The Morgan fingerprint density at radius 1 is 2.25 bits per heavy atom. The van der Waals surface area contributed by atoms with E-state index in [9.17, 15) is 0 Å². The van der Waals surface area contributed by atoms with Crippen molar-refractivity contribution in [3.05, 3.63) is 0 Å². The molecule has 0 aliphatic rings. The minimum absolute atomic E-state index is 0.469. The smallest absolute Gasteiger partial charge is 0.0652 e. The van der Waals surface area contributed by atoms with Gasteiger partial charge in [-0.15, -0.1) is 0 Å². The van der Waals surface area contributed by atoms with Crippen LogP contribution >= 0.6 is 0 Å². The number of rotatable bonds is 1. The average molecular weight is 55.9 g/mol. The van der Waals surface area contributed by atoms with Gasteiger partial charge in [0.1, 0.15) is 0 Å². The summed E-state index contributed by atoms with van der Waals surface area (Å²) in [6.45, 7) is 0.469. The predicted octanol–water partition coefficient (Wildman–Crippen LogP) is 0.983. The summed E-state index contributed by atoms with van der Waals surface area (Å²) in [6.07, 6.45) is 1.49. The molecular formula is C3H7B. The van der Waals surface area contributed by atoms with E-state index in [0.29, 0.717) is 13.2 Å². The fourth-order valence-electron chi connectivity index (χ4n) is 0. The molecule has 0 aromatic carbocycles. The lowest BCUT2D eigenvalue weighted by Crippen LogP contribution is -1.55. The summed E-state index contributed by atoms with van der Waals surface area (Å²) < 4.78 is 6.52. The van der Waals surface area contributed by atoms with E-state index < -0.39 is 0 Å². The molecule has 0 fully saturated rings. The van der Waals surface area contributed by atoms with Crippen LogP contribution in [-0.2, 0) is 0 Å². The first-order valence-corrected chi connectivity index (χ1v) is 1.41. The van der Waals surface area contributed by atoms with Crippen LogP contribution in [0.3, 0.4) is 0 Å². The SMILES string of the molecule is [3H]CCC[B]. The molecule has 0 aromatic rings. The molecule has 0 saturated heterocycles. The molecule has 0 heterocycles. The van der Waals surface area contributed by atoms with Crippen LogP contribution in [-0.4, -0.2) is 7.85 Å². The van der Waals surface area contributed by atoms with E-state index in [-0.39, 0.29) is 0 Å². The van der Waals surface area contributed by atoms with Gasteiger partial charge in [-0.1, -0.05) is 19.6 Å². The monoisotopic (exact) mass is 56.1 g/mol. The molecule has 0 saturated carbocycles. The molecule has 0 unspecified atom stereocenters. The van der Waals surface area contributed by atoms with Crippen molar-refractivity contribution in [1.82, 2.24) is 0 Å². The van der Waals surface area contributed by atoms with Gasteiger partial charge in [-0.3, -0.25) is 0 Å². The zero-order valence-electron chi connectivity index (χ0n) is 3.70. The Labute approximate surface area is 30.0 Å². The summed E-state index contributed by atoms with van der Waals surface area (Å²) in [4.78, 5) is 0. The molecule has 0 bridgehead atoms. The summed E-state index contributed by atoms with van der Waals surface area (Å²) in [6, 6.07) is 0. The Kier molecular flexibility index (Phi) is 1.77. The molecule has 0 rings (SSSR count). The van der Waals surface area contributed by atoms with E-state index >= 15 is 0 Å². The van der Waals surface area contributed by atoms with E-state index in [1.165, 1.54) is 0 Å². The molecule has 0 atom stereocenters. The van der Waals surface area contributed by atoms with Gasteiger partial charge in [-0.05, 0) is 0 Å². The fourth-order valence-corrected chi connectivity index (χ4v) is 0. The van der Waals surface area contributed by atoms with Crippen molar-refractivity contribution >= 4 is 7.85 Å². The summed E-state index contributed by atoms with van der Waals surface area (Å²) in [5, 5.41) is 0. The maximum atomic E-state index is 6.52. The van der Waals surface area contributed by atoms with Gasteiger partial charge >= 0.3 is 0 Å². The Morgan fingerprint density at radius 3 is 3.00 bits per heavy atom. The van der Waals surface area contributed by atoms with E-state index in [1.807, 2.05) is 0 Å². The van der Waals surface area contributed by atoms with Crippen LogP contribution in [0.4, 0.5) is 0 Å². The van der Waals surface area contributed by atoms with Gasteiger partial charge in [0.2, 0.25) is 0 Å². The summed E-state index contributed by atoms with van der Waals surface area (Å²) in [5.41, 5.74) is 0. The lowest BCUT2D eigenvalue weighted by Gasteiger charge is -1.67. The fraction of sp³-hybridized carbons (Fsp3) is 1.00. The summed E-state index contributed by atoms with van der Waals surface area (Å²) in [5.74, 6) is 0. The zero-order valence-corrected chi connectivity index (χ0v) is 2.70. The van der Waals surface area contributed by atoms with Crippen LogP contribution in [0.25, 0.3) is 0 Å². The first-order chi connectivity index (χ1) is 2.41. The molecule has 0 spiro atoms. The second kappa shape index (κ2) is 3.06. The lowest BCUT2D eigenvalue weighted by atomic mass is 10.0. The van der Waals surface area contributed by atoms with Gasteiger partial charge in [0, 0.05) is 1.37 Å². The first kappa shape index (κ1) is 2.31. The Bertz CT molecular complexity index is 14.4. The van der Waals surface area contributed by atoms with Crippen LogP contribution in [0.5, 0.6) is 0 Å². The van der Waals surface area contributed by atoms with Gasteiger partial charge in [-0.25, -0.2) is 0 Å². The van der Waals surface area contributed by atoms with Crippen molar-refractivity contribution in [3.8, 4) is 0 Å². The molecule has 0 amide bonds. The molecule has 0 aliphatic heterocycles. The van der Waals surface area contributed by atoms with Crippen LogP contribution in [0.1, 0.15) is 14.7 Å². The van der Waals surface area contributed by atoms with Crippen molar-refractivity contribution in [2.75, 3.05) is 0 Å². The van der Waals surface area contributed by atoms with Crippen molar-refractivity contribution in [2.45, 2.75) is 19.6 Å². The highest BCUT2D eigenvalue weighted by atomic mass is 13.5. The molecule has 0 aromatic heterocycles. The van der Waals surface area contributed by atoms with Crippen LogP contribution in [0.15, 0.2) is 0 Å². The second-order valence-corrected chi connectivity index (χ2v) is 0.642. The van der Waals surface area contributed by atoms with Crippen molar-refractivity contribution in [2.24, 2.45) is 0 Å². The van der Waals surface area contributed by atoms with Crippen molar-refractivity contribution in [1.29, 1.82) is 0 Å². The maximum Gasteiger partial charge on any atom is 0.0652 e. The zero-order chi connectivity index (χ0) is 4.12. The highest BCUT2D eigenvalue weighted by Gasteiger charge is 1.57. The molecule has 0 nitrogen and oxygen atoms in total. The highest BCUT2D eigenvalue weighted by Crippen LogP contribution is 1.73. The van der Waals surface area contributed by atoms with E-state index in [2.05, 4.69) is 0 Å². The predicted molar refractivity (Wildman–Crippen MR) is 20.9 cm³/mol. The largest absolute Gasteiger partial charge is 0.0889 e. The number of hydrogen-bond donors (Lipinski definition) is 0. The maximum absolute atomic E-state index is 6.52. The second-order valence-electron chi connectivity index (χ2n) is 0.642.